The Bertz CT molecular complexity index is 944. The molecule has 0 saturated heterocycles. The molecule has 0 spiro atoms. The second-order valence-corrected chi connectivity index (χ2v) is 6.16. The third-order valence-corrected chi connectivity index (χ3v) is 4.26. The largest absolute Gasteiger partial charge is 0.508 e. The summed E-state index contributed by atoms with van der Waals surface area (Å²) in [5.41, 5.74) is 3.66. The van der Waals surface area contributed by atoms with Gasteiger partial charge in [0.2, 0.25) is 5.91 Å². The molecule has 3 aromatic rings. The number of carbonyl (C=O) groups is 1. The molecule has 0 aliphatic rings. The number of amides is 1. The number of para-hydroxylation sites is 1. The molecule has 3 N–H and O–H groups in total. The maximum Gasteiger partial charge on any atom is 0.250 e. The van der Waals surface area contributed by atoms with E-state index < -0.39 is 0 Å². The first-order valence-electron chi connectivity index (χ1n) is 7.44. The van der Waals surface area contributed by atoms with Gasteiger partial charge < -0.3 is 10.2 Å². The van der Waals surface area contributed by atoms with Crippen LogP contribution in [0.4, 0.5) is 0 Å². The highest BCUT2D eigenvalue weighted by atomic mass is 32.2. The van der Waals surface area contributed by atoms with Gasteiger partial charge in [0.1, 0.15) is 11.5 Å². The number of carbonyl (C=O) groups excluding carboxylic acids is 1. The maximum atomic E-state index is 11.8. The summed E-state index contributed by atoms with van der Waals surface area (Å²) in [5.74, 6) is -0.273. The van der Waals surface area contributed by atoms with Crippen molar-refractivity contribution in [3.8, 4) is 11.5 Å². The number of nitrogens with zero attached hydrogens (tertiary/aromatic N) is 2. The highest BCUT2D eigenvalue weighted by Gasteiger charge is 2.04. The van der Waals surface area contributed by atoms with Crippen molar-refractivity contribution in [2.45, 2.75) is 5.03 Å². The summed E-state index contributed by atoms with van der Waals surface area (Å²) in [5, 5.41) is 24.4. The summed E-state index contributed by atoms with van der Waals surface area (Å²) >= 11 is 1.32. The van der Waals surface area contributed by atoms with Crippen molar-refractivity contribution < 1.29 is 15.0 Å². The Labute approximate surface area is 148 Å². The van der Waals surface area contributed by atoms with Crippen LogP contribution in [-0.2, 0) is 4.79 Å². The van der Waals surface area contributed by atoms with E-state index in [4.69, 9.17) is 0 Å². The first-order chi connectivity index (χ1) is 12.1. The molecule has 0 atom stereocenters. The van der Waals surface area contributed by atoms with Crippen LogP contribution in [0.25, 0.3) is 10.9 Å². The second-order valence-electron chi connectivity index (χ2n) is 5.17. The average molecular weight is 353 g/mol. The number of thioether (sulfide) groups is 1. The third-order valence-electron chi connectivity index (χ3n) is 3.33. The van der Waals surface area contributed by atoms with Gasteiger partial charge in [0.05, 0.1) is 22.5 Å². The monoisotopic (exact) mass is 353 g/mol. The Balaban J connectivity index is 1.54. The lowest BCUT2D eigenvalue weighted by Gasteiger charge is -2.03. The Morgan fingerprint density at radius 2 is 2.00 bits per heavy atom. The Morgan fingerprint density at radius 1 is 1.16 bits per heavy atom. The van der Waals surface area contributed by atoms with Crippen LogP contribution >= 0.6 is 11.8 Å². The summed E-state index contributed by atoms with van der Waals surface area (Å²) in [6, 6.07) is 15.7. The van der Waals surface area contributed by atoms with Gasteiger partial charge in [-0.1, -0.05) is 36.0 Å². The highest BCUT2D eigenvalue weighted by molar-refractivity contribution is 7.99. The van der Waals surface area contributed by atoms with Gasteiger partial charge in [-0.15, -0.1) is 0 Å². The van der Waals surface area contributed by atoms with E-state index in [2.05, 4.69) is 15.5 Å². The highest BCUT2D eigenvalue weighted by Crippen LogP contribution is 2.21. The molecule has 0 unspecified atom stereocenters. The number of pyridine rings is 1. The molecular weight excluding hydrogens is 338 g/mol. The molecule has 6 nitrogen and oxygen atoms in total. The standard InChI is InChI=1S/C18H15N3O3S/c22-14-7-5-13(16(23)9-14)10-19-21-17(24)11-25-18-8-6-12-3-1-2-4-15(12)20-18/h1-10,22-23H,11H2,(H,21,24). The number of hydrazone groups is 1. The molecule has 25 heavy (non-hydrogen) atoms. The van der Waals surface area contributed by atoms with Gasteiger partial charge in [-0.2, -0.15) is 5.10 Å². The molecule has 0 saturated carbocycles. The van der Waals surface area contributed by atoms with Crippen LogP contribution < -0.4 is 5.43 Å². The quantitative estimate of drug-likeness (QED) is 0.372. The van der Waals surface area contributed by atoms with E-state index in [1.807, 2.05) is 36.4 Å². The number of hydrogen-bond donors (Lipinski definition) is 3. The summed E-state index contributed by atoms with van der Waals surface area (Å²) in [6.45, 7) is 0. The topological polar surface area (TPSA) is 94.8 Å². The number of benzene rings is 2. The van der Waals surface area contributed by atoms with Crippen molar-refractivity contribution in [3.63, 3.8) is 0 Å². The smallest absolute Gasteiger partial charge is 0.250 e. The molecule has 3 rings (SSSR count). The lowest BCUT2D eigenvalue weighted by atomic mass is 10.2. The number of aromatic nitrogens is 1. The summed E-state index contributed by atoms with van der Waals surface area (Å²) < 4.78 is 0. The number of aromatic hydroxyl groups is 2. The number of hydrogen-bond acceptors (Lipinski definition) is 6. The minimum Gasteiger partial charge on any atom is -0.508 e. The van der Waals surface area contributed by atoms with Crippen LogP contribution in [0.3, 0.4) is 0 Å². The van der Waals surface area contributed by atoms with Gasteiger partial charge in [0.25, 0.3) is 0 Å². The normalized spacial score (nSPS) is 11.0. The van der Waals surface area contributed by atoms with E-state index in [1.54, 1.807) is 0 Å². The minimum absolute atomic E-state index is 0.0435. The molecule has 0 radical (unpaired) electrons. The number of fused-ring (bicyclic) bond motifs is 1. The van der Waals surface area contributed by atoms with Gasteiger partial charge in [-0.25, -0.2) is 10.4 Å². The molecular formula is C18H15N3O3S. The predicted octanol–water partition coefficient (Wildman–Crippen LogP) is 2.89. The van der Waals surface area contributed by atoms with Crippen molar-refractivity contribution in [1.29, 1.82) is 0 Å². The van der Waals surface area contributed by atoms with Crippen molar-refractivity contribution in [2.24, 2.45) is 5.10 Å². The fourth-order valence-electron chi connectivity index (χ4n) is 2.11. The molecule has 126 valence electrons. The zero-order valence-electron chi connectivity index (χ0n) is 13.1. The van der Waals surface area contributed by atoms with E-state index in [9.17, 15) is 15.0 Å². The SMILES string of the molecule is O=C(CSc1ccc2ccccc2n1)NN=Cc1ccc(O)cc1O. The summed E-state index contributed by atoms with van der Waals surface area (Å²) in [4.78, 5) is 16.3. The first kappa shape index (κ1) is 16.8. The van der Waals surface area contributed by atoms with E-state index in [0.29, 0.717) is 5.56 Å². The van der Waals surface area contributed by atoms with Gasteiger partial charge in [-0.3, -0.25) is 4.79 Å². The van der Waals surface area contributed by atoms with Gasteiger partial charge in [0, 0.05) is 17.0 Å². The van der Waals surface area contributed by atoms with Crippen LogP contribution in [0.1, 0.15) is 5.56 Å². The molecule has 1 heterocycles. The van der Waals surface area contributed by atoms with Crippen LogP contribution in [0.2, 0.25) is 0 Å². The van der Waals surface area contributed by atoms with E-state index >= 15 is 0 Å². The van der Waals surface area contributed by atoms with Crippen LogP contribution in [-0.4, -0.2) is 33.1 Å². The van der Waals surface area contributed by atoms with Crippen molar-refractivity contribution >= 4 is 34.8 Å². The van der Waals surface area contributed by atoms with Crippen LogP contribution in [0.5, 0.6) is 11.5 Å². The van der Waals surface area contributed by atoms with E-state index in [0.717, 1.165) is 15.9 Å². The molecule has 0 aliphatic carbocycles. The first-order valence-corrected chi connectivity index (χ1v) is 8.43. The maximum absolute atomic E-state index is 11.8. The van der Waals surface area contributed by atoms with Gasteiger partial charge >= 0.3 is 0 Å². The fraction of sp³-hybridized carbons (Fsp3) is 0.0556. The van der Waals surface area contributed by atoms with E-state index in [-0.39, 0.29) is 23.2 Å². The minimum atomic E-state index is -0.283. The molecule has 7 heteroatoms. The molecule has 1 amide bonds. The third kappa shape index (κ3) is 4.48. The molecule has 0 fully saturated rings. The van der Waals surface area contributed by atoms with Crippen molar-refractivity contribution in [1.82, 2.24) is 10.4 Å². The summed E-state index contributed by atoms with van der Waals surface area (Å²) in [6.07, 6.45) is 1.31. The van der Waals surface area contributed by atoms with Crippen LogP contribution in [0, 0.1) is 0 Å². The van der Waals surface area contributed by atoms with Crippen LogP contribution in [0.15, 0.2) is 64.7 Å². The molecule has 0 aliphatic heterocycles. The molecule has 0 bridgehead atoms. The Morgan fingerprint density at radius 3 is 2.84 bits per heavy atom. The lowest BCUT2D eigenvalue weighted by molar-refractivity contribution is -0.118. The number of nitrogens with one attached hydrogen (secondary N) is 1. The summed E-state index contributed by atoms with van der Waals surface area (Å²) in [7, 11) is 0. The number of phenols is 2. The number of rotatable bonds is 5. The average Bonchev–Trinajstić information content (AvgIpc) is 2.61. The Hall–Kier alpha value is -3.06. The second kappa shape index (κ2) is 7.67. The van der Waals surface area contributed by atoms with Crippen molar-refractivity contribution in [2.75, 3.05) is 5.75 Å². The van der Waals surface area contributed by atoms with E-state index in [1.165, 1.54) is 36.2 Å². The zero-order valence-corrected chi connectivity index (χ0v) is 13.9. The van der Waals surface area contributed by atoms with Gasteiger partial charge in [-0.05, 0) is 24.3 Å². The number of phenolic OH excluding ortho intramolecular Hbond substituents is 2. The molecule has 1 aromatic heterocycles. The van der Waals surface area contributed by atoms with Gasteiger partial charge in [0.15, 0.2) is 0 Å². The lowest BCUT2D eigenvalue weighted by Crippen LogP contribution is -2.19. The molecule has 2 aromatic carbocycles. The Kier molecular flexibility index (Phi) is 5.15. The van der Waals surface area contributed by atoms with Crippen molar-refractivity contribution in [3.05, 3.63) is 60.2 Å². The fourth-order valence-corrected chi connectivity index (χ4v) is 2.79. The predicted molar refractivity (Wildman–Crippen MR) is 98.0 cm³/mol. The zero-order chi connectivity index (χ0) is 17.6.